The van der Waals surface area contributed by atoms with E-state index in [-0.39, 0.29) is 16.9 Å². The van der Waals surface area contributed by atoms with E-state index in [4.69, 9.17) is 9.47 Å². The summed E-state index contributed by atoms with van der Waals surface area (Å²) in [6.07, 6.45) is 1.39. The van der Waals surface area contributed by atoms with Gasteiger partial charge in [-0.3, -0.25) is 14.9 Å². The van der Waals surface area contributed by atoms with Gasteiger partial charge in [0.15, 0.2) is 11.5 Å². The Morgan fingerprint density at radius 3 is 2.62 bits per heavy atom. The first-order valence-electron chi connectivity index (χ1n) is 12.0. The van der Waals surface area contributed by atoms with Gasteiger partial charge in [-0.25, -0.2) is 0 Å². The summed E-state index contributed by atoms with van der Waals surface area (Å²) in [6, 6.07) is 23.8. The van der Waals surface area contributed by atoms with Crippen LogP contribution in [0.3, 0.4) is 0 Å². The van der Waals surface area contributed by atoms with Crippen LogP contribution in [0.2, 0.25) is 0 Å². The van der Waals surface area contributed by atoms with Crippen LogP contribution in [0.15, 0.2) is 82.8 Å². The summed E-state index contributed by atoms with van der Waals surface area (Å²) in [5, 5.41) is 25.7. The van der Waals surface area contributed by atoms with Gasteiger partial charge >= 0.3 is 0 Å². The first kappa shape index (κ1) is 27.4. The Morgan fingerprint density at radius 1 is 1.10 bits per heavy atom. The van der Waals surface area contributed by atoms with Gasteiger partial charge in [0.2, 0.25) is 0 Å². The zero-order valence-corrected chi connectivity index (χ0v) is 22.8. The average molecular weight is 586 g/mol. The van der Waals surface area contributed by atoms with Gasteiger partial charge in [-0.05, 0) is 81.5 Å². The van der Waals surface area contributed by atoms with Gasteiger partial charge in [0, 0.05) is 6.07 Å². The predicted molar refractivity (Wildman–Crippen MR) is 154 cm³/mol. The molecular formula is C30H24BrN3O5. The number of nitrogens with zero attached hydrogens (tertiary/aromatic N) is 2. The molecule has 0 unspecified atom stereocenters. The van der Waals surface area contributed by atoms with Gasteiger partial charge in [0.25, 0.3) is 11.6 Å². The summed E-state index contributed by atoms with van der Waals surface area (Å²) in [5.74, 6) is 0.153. The maximum atomic E-state index is 12.8. The molecule has 0 atom stereocenters. The van der Waals surface area contributed by atoms with E-state index in [1.807, 2.05) is 55.5 Å². The van der Waals surface area contributed by atoms with Crippen molar-refractivity contribution >= 4 is 50.1 Å². The minimum absolute atomic E-state index is 0.00474. The van der Waals surface area contributed by atoms with Crippen molar-refractivity contribution in [2.24, 2.45) is 0 Å². The number of carbonyl (C=O) groups excluding carboxylic acids is 1. The molecule has 0 aromatic heterocycles. The number of nitro groups is 1. The Labute approximate surface area is 233 Å². The molecule has 4 aromatic carbocycles. The Bertz CT molecular complexity index is 1640. The number of nitriles is 1. The molecule has 4 rings (SSSR count). The van der Waals surface area contributed by atoms with Gasteiger partial charge in [-0.15, -0.1) is 0 Å². The fraction of sp³-hybridized carbons (Fsp3) is 0.133. The van der Waals surface area contributed by atoms with Crippen LogP contribution >= 0.6 is 15.9 Å². The molecule has 39 heavy (non-hydrogen) atoms. The van der Waals surface area contributed by atoms with Gasteiger partial charge in [-0.2, -0.15) is 5.26 Å². The van der Waals surface area contributed by atoms with E-state index >= 15 is 0 Å². The van der Waals surface area contributed by atoms with Crippen LogP contribution in [0.5, 0.6) is 11.5 Å². The van der Waals surface area contributed by atoms with Crippen LogP contribution in [-0.2, 0) is 11.4 Å². The molecule has 196 valence electrons. The number of hydrogen-bond donors (Lipinski definition) is 1. The molecule has 0 aliphatic heterocycles. The summed E-state index contributed by atoms with van der Waals surface area (Å²) >= 11 is 3.53. The van der Waals surface area contributed by atoms with E-state index in [2.05, 4.69) is 21.2 Å². The second-order valence-corrected chi connectivity index (χ2v) is 9.45. The number of ether oxygens (including phenoxy) is 2. The van der Waals surface area contributed by atoms with Gasteiger partial charge in [-0.1, -0.05) is 48.5 Å². The van der Waals surface area contributed by atoms with E-state index in [0.29, 0.717) is 40.3 Å². The molecule has 9 heteroatoms. The van der Waals surface area contributed by atoms with Crippen molar-refractivity contribution in [3.05, 3.63) is 110 Å². The van der Waals surface area contributed by atoms with Gasteiger partial charge in [0.1, 0.15) is 23.9 Å². The average Bonchev–Trinajstić information content (AvgIpc) is 2.92. The van der Waals surface area contributed by atoms with Crippen LogP contribution in [-0.4, -0.2) is 17.4 Å². The topological polar surface area (TPSA) is 114 Å². The molecule has 1 amide bonds. The molecule has 4 aromatic rings. The molecule has 0 fully saturated rings. The van der Waals surface area contributed by atoms with Crippen LogP contribution < -0.4 is 14.8 Å². The highest BCUT2D eigenvalue weighted by Gasteiger charge is 2.19. The van der Waals surface area contributed by atoms with Crippen molar-refractivity contribution < 1.29 is 19.2 Å². The van der Waals surface area contributed by atoms with E-state index in [9.17, 15) is 20.2 Å². The number of benzene rings is 4. The number of hydrogen-bond acceptors (Lipinski definition) is 6. The third kappa shape index (κ3) is 6.43. The molecule has 0 spiro atoms. The molecule has 8 nitrogen and oxygen atoms in total. The largest absolute Gasteiger partial charge is 0.490 e. The maximum absolute atomic E-state index is 12.8. The van der Waals surface area contributed by atoms with Crippen molar-refractivity contribution in [1.82, 2.24) is 0 Å². The van der Waals surface area contributed by atoms with Crippen LogP contribution in [0.25, 0.3) is 16.8 Å². The third-order valence-electron chi connectivity index (χ3n) is 5.86. The van der Waals surface area contributed by atoms with E-state index in [1.165, 1.54) is 18.2 Å². The Kier molecular flexibility index (Phi) is 8.59. The zero-order valence-electron chi connectivity index (χ0n) is 21.2. The maximum Gasteiger partial charge on any atom is 0.293 e. The van der Waals surface area contributed by atoms with Crippen molar-refractivity contribution in [2.45, 2.75) is 20.5 Å². The number of rotatable bonds is 9. The quantitative estimate of drug-likeness (QED) is 0.0950. The standard InChI is InChI=1S/C30H24BrN3O5/c1-3-38-28-16-20(14-23(17-32)30(35)33-26-12-11-19(2)13-27(26)34(36)37)15-25(31)29(28)39-18-22-9-6-8-21-7-4-5-10-24(21)22/h4-16H,3,18H2,1-2H3,(H,33,35)/b23-14+. The minimum Gasteiger partial charge on any atom is -0.490 e. The number of nitrogens with one attached hydrogen (secondary N) is 1. The normalized spacial score (nSPS) is 11.1. The number of amides is 1. The SMILES string of the molecule is CCOc1cc(/C=C(\C#N)C(=O)Nc2ccc(C)cc2[N+](=O)[O-])cc(Br)c1OCc1cccc2ccccc12. The highest BCUT2D eigenvalue weighted by Crippen LogP contribution is 2.38. The molecule has 0 radical (unpaired) electrons. The summed E-state index contributed by atoms with van der Waals surface area (Å²) in [4.78, 5) is 23.7. The van der Waals surface area contributed by atoms with E-state index < -0.39 is 10.8 Å². The summed E-state index contributed by atoms with van der Waals surface area (Å²) in [6.45, 7) is 4.22. The predicted octanol–water partition coefficient (Wildman–Crippen LogP) is 7.34. The monoisotopic (exact) mass is 585 g/mol. The summed E-state index contributed by atoms with van der Waals surface area (Å²) in [7, 11) is 0. The highest BCUT2D eigenvalue weighted by molar-refractivity contribution is 9.10. The fourth-order valence-corrected chi connectivity index (χ4v) is 4.62. The molecule has 1 N–H and O–H groups in total. The molecule has 0 heterocycles. The first-order chi connectivity index (χ1) is 18.8. The van der Waals surface area contributed by atoms with E-state index in [0.717, 1.165) is 16.3 Å². The van der Waals surface area contributed by atoms with Gasteiger partial charge in [0.05, 0.1) is 16.0 Å². The summed E-state index contributed by atoms with van der Waals surface area (Å²) < 4.78 is 12.6. The van der Waals surface area contributed by atoms with Crippen molar-refractivity contribution in [3.63, 3.8) is 0 Å². The van der Waals surface area contributed by atoms with Crippen molar-refractivity contribution in [3.8, 4) is 17.6 Å². The lowest BCUT2D eigenvalue weighted by Crippen LogP contribution is -2.14. The van der Waals surface area contributed by atoms with Gasteiger partial charge < -0.3 is 14.8 Å². The second-order valence-electron chi connectivity index (χ2n) is 8.59. The summed E-state index contributed by atoms with van der Waals surface area (Å²) in [5.41, 5.74) is 1.71. The van der Waals surface area contributed by atoms with E-state index in [1.54, 1.807) is 25.1 Å². The lowest BCUT2D eigenvalue weighted by molar-refractivity contribution is -0.384. The minimum atomic E-state index is -0.769. The first-order valence-corrected chi connectivity index (χ1v) is 12.8. The zero-order chi connectivity index (χ0) is 27.9. The molecular weight excluding hydrogens is 562 g/mol. The number of carbonyl (C=O) groups is 1. The molecule has 0 aliphatic carbocycles. The number of aryl methyl sites for hydroxylation is 1. The molecule has 0 saturated carbocycles. The lowest BCUT2D eigenvalue weighted by Gasteiger charge is -2.16. The van der Waals surface area contributed by atoms with Crippen molar-refractivity contribution in [2.75, 3.05) is 11.9 Å². The van der Waals surface area contributed by atoms with Crippen LogP contribution in [0.1, 0.15) is 23.6 Å². The molecule has 0 saturated heterocycles. The number of nitro benzene ring substituents is 1. The number of anilines is 1. The molecule has 0 aliphatic rings. The Balaban J connectivity index is 1.61. The second kappa shape index (κ2) is 12.2. The number of halogens is 1. The Morgan fingerprint density at radius 2 is 1.87 bits per heavy atom. The van der Waals surface area contributed by atoms with Crippen LogP contribution in [0, 0.1) is 28.4 Å². The fourth-order valence-electron chi connectivity index (χ4n) is 4.05. The third-order valence-corrected chi connectivity index (χ3v) is 6.45. The highest BCUT2D eigenvalue weighted by atomic mass is 79.9. The number of fused-ring (bicyclic) bond motifs is 1. The van der Waals surface area contributed by atoms with Crippen LogP contribution in [0.4, 0.5) is 11.4 Å². The molecule has 0 bridgehead atoms. The van der Waals surface area contributed by atoms with Crippen molar-refractivity contribution in [1.29, 1.82) is 5.26 Å². The lowest BCUT2D eigenvalue weighted by atomic mass is 10.1. The smallest absolute Gasteiger partial charge is 0.293 e. The Hall–Kier alpha value is -4.68.